The van der Waals surface area contributed by atoms with Crippen LogP contribution >= 0.6 is 22.9 Å². The van der Waals surface area contributed by atoms with Crippen LogP contribution in [0.3, 0.4) is 0 Å². The number of hydrogen-bond acceptors (Lipinski definition) is 5. The Labute approximate surface area is 233 Å². The van der Waals surface area contributed by atoms with E-state index in [0.717, 1.165) is 28.0 Å². The average molecular weight is 552 g/mol. The smallest absolute Gasteiger partial charge is 0.273 e. The third-order valence-electron chi connectivity index (χ3n) is 6.19. The molecule has 192 valence electrons. The van der Waals surface area contributed by atoms with Crippen LogP contribution in [0.1, 0.15) is 16.9 Å². The topological polar surface area (TPSA) is 88.0 Å². The minimum atomic E-state index is -0.600. The van der Waals surface area contributed by atoms with Gasteiger partial charge in [0.05, 0.1) is 15.2 Å². The van der Waals surface area contributed by atoms with Crippen molar-refractivity contribution in [1.29, 1.82) is 5.26 Å². The van der Waals surface area contributed by atoms with Crippen LogP contribution in [0.4, 0.5) is 5.69 Å². The molecular weight excluding hydrogens is 530 g/mol. The van der Waals surface area contributed by atoms with Crippen LogP contribution in [-0.2, 0) is 4.79 Å². The van der Waals surface area contributed by atoms with Crippen LogP contribution in [0.2, 0.25) is 5.02 Å². The molecule has 1 amide bonds. The van der Waals surface area contributed by atoms with Crippen LogP contribution < -0.4 is 20.1 Å². The van der Waals surface area contributed by atoms with E-state index in [1.807, 2.05) is 56.3 Å². The fourth-order valence-corrected chi connectivity index (χ4v) is 5.35. The molecule has 2 aromatic heterocycles. The molecule has 0 saturated heterocycles. The van der Waals surface area contributed by atoms with Crippen LogP contribution in [0.5, 0.6) is 0 Å². The van der Waals surface area contributed by atoms with E-state index < -0.39 is 5.91 Å². The molecule has 0 unspecified atom stereocenters. The molecule has 39 heavy (non-hydrogen) atoms. The lowest BCUT2D eigenvalue weighted by Gasteiger charge is -2.07. The summed E-state index contributed by atoms with van der Waals surface area (Å²) in [5, 5.41) is 13.4. The summed E-state index contributed by atoms with van der Waals surface area (Å²) in [6.45, 7) is 3.92. The predicted molar refractivity (Wildman–Crippen MR) is 155 cm³/mol. The van der Waals surface area contributed by atoms with E-state index in [-0.39, 0.29) is 15.8 Å². The first-order chi connectivity index (χ1) is 18.9. The molecule has 0 radical (unpaired) electrons. The summed E-state index contributed by atoms with van der Waals surface area (Å²) in [6, 6.07) is 27.3. The van der Waals surface area contributed by atoms with E-state index in [2.05, 4.69) is 5.32 Å². The molecule has 5 rings (SSSR count). The third kappa shape index (κ3) is 5.34. The van der Waals surface area contributed by atoms with Crippen molar-refractivity contribution in [3.63, 3.8) is 0 Å². The van der Waals surface area contributed by atoms with Crippen molar-refractivity contribution in [1.82, 2.24) is 4.57 Å². The summed E-state index contributed by atoms with van der Waals surface area (Å²) in [5.74, 6) is 0.398. The monoisotopic (exact) mass is 551 g/mol. The molecule has 0 bridgehead atoms. The van der Waals surface area contributed by atoms with Crippen molar-refractivity contribution in [2.24, 2.45) is 0 Å². The second-order valence-corrected chi connectivity index (χ2v) is 10.3. The fourth-order valence-electron chi connectivity index (χ4n) is 4.04. The predicted octanol–water partition coefficient (Wildman–Crippen LogP) is 5.57. The molecule has 0 aliphatic rings. The normalized spacial score (nSPS) is 12.2. The molecule has 0 aliphatic carbocycles. The minimum Gasteiger partial charge on any atom is -0.457 e. The van der Waals surface area contributed by atoms with Crippen molar-refractivity contribution in [3.05, 3.63) is 126 Å². The molecule has 0 aliphatic heterocycles. The zero-order valence-electron chi connectivity index (χ0n) is 21.1. The van der Waals surface area contributed by atoms with Gasteiger partial charge in [-0.1, -0.05) is 48.0 Å². The lowest BCUT2D eigenvalue weighted by Crippen LogP contribution is -2.32. The molecule has 0 fully saturated rings. The number of furan rings is 1. The highest BCUT2D eigenvalue weighted by Gasteiger charge is 2.18. The van der Waals surface area contributed by atoms with Gasteiger partial charge in [-0.3, -0.25) is 14.2 Å². The first-order valence-corrected chi connectivity index (χ1v) is 13.2. The molecule has 3 aromatic carbocycles. The first kappa shape index (κ1) is 26.0. The Morgan fingerprint density at radius 2 is 1.74 bits per heavy atom. The number of nitrogens with one attached hydrogen (secondary N) is 1. The summed E-state index contributed by atoms with van der Waals surface area (Å²) in [4.78, 5) is 26.9. The van der Waals surface area contributed by atoms with E-state index >= 15 is 0 Å². The van der Waals surface area contributed by atoms with Gasteiger partial charge in [-0.05, 0) is 73.5 Å². The van der Waals surface area contributed by atoms with Crippen LogP contribution in [-0.4, -0.2) is 10.5 Å². The van der Waals surface area contributed by atoms with Gasteiger partial charge in [0.25, 0.3) is 11.5 Å². The van der Waals surface area contributed by atoms with Crippen LogP contribution in [0.25, 0.3) is 28.7 Å². The lowest BCUT2D eigenvalue weighted by atomic mass is 10.1. The van der Waals surface area contributed by atoms with Gasteiger partial charge >= 0.3 is 0 Å². The van der Waals surface area contributed by atoms with Gasteiger partial charge in [-0.2, -0.15) is 5.26 Å². The van der Waals surface area contributed by atoms with Gasteiger partial charge in [-0.25, -0.2) is 0 Å². The van der Waals surface area contributed by atoms with Crippen molar-refractivity contribution in [2.45, 2.75) is 13.8 Å². The molecule has 6 nitrogen and oxygen atoms in total. The lowest BCUT2D eigenvalue weighted by molar-refractivity contribution is -0.111. The van der Waals surface area contributed by atoms with Crippen molar-refractivity contribution in [2.75, 3.05) is 5.32 Å². The van der Waals surface area contributed by atoms with E-state index in [4.69, 9.17) is 16.0 Å². The van der Waals surface area contributed by atoms with Crippen LogP contribution in [0, 0.1) is 25.2 Å². The maximum atomic E-state index is 13.6. The number of nitrogens with zero attached hydrogens (tertiary/aromatic N) is 2. The molecule has 0 saturated carbocycles. The molecule has 8 heteroatoms. The van der Waals surface area contributed by atoms with Crippen LogP contribution in [0.15, 0.2) is 94.1 Å². The Balaban J connectivity index is 1.66. The van der Waals surface area contributed by atoms with Gasteiger partial charge in [0.2, 0.25) is 0 Å². The van der Waals surface area contributed by atoms with Gasteiger partial charge in [0.15, 0.2) is 5.57 Å². The van der Waals surface area contributed by atoms with Gasteiger partial charge in [0.1, 0.15) is 22.3 Å². The second kappa shape index (κ2) is 11.0. The molecular formula is C31H22ClN3O3S. The maximum absolute atomic E-state index is 13.6. The number of carbonyl (C=O) groups is 1. The second-order valence-electron chi connectivity index (χ2n) is 8.81. The number of halogens is 1. The van der Waals surface area contributed by atoms with Gasteiger partial charge < -0.3 is 9.73 Å². The SMILES string of the molecule is Cc1ccc(NC(=O)/C(C#N)=c2\s/c(=C/c3ccc(-c4ccccc4Cl)o3)c(=O)n2-c2ccccc2)cc1C. The maximum Gasteiger partial charge on any atom is 0.273 e. The summed E-state index contributed by atoms with van der Waals surface area (Å²) < 4.78 is 7.88. The zero-order valence-corrected chi connectivity index (χ0v) is 22.6. The molecule has 0 atom stereocenters. The zero-order chi connectivity index (χ0) is 27.5. The van der Waals surface area contributed by atoms with Crippen molar-refractivity contribution < 1.29 is 9.21 Å². The summed E-state index contributed by atoms with van der Waals surface area (Å²) in [7, 11) is 0. The number of anilines is 1. The number of amides is 1. The largest absolute Gasteiger partial charge is 0.457 e. The summed E-state index contributed by atoms with van der Waals surface area (Å²) in [6.07, 6.45) is 1.60. The highest BCUT2D eigenvalue weighted by Crippen LogP contribution is 2.29. The van der Waals surface area contributed by atoms with E-state index in [0.29, 0.717) is 32.5 Å². The Bertz CT molecular complexity index is 1930. The minimum absolute atomic E-state index is 0.171. The van der Waals surface area contributed by atoms with Gasteiger partial charge in [0, 0.05) is 17.3 Å². The molecule has 2 heterocycles. The number of para-hydroxylation sites is 1. The Morgan fingerprint density at radius 1 is 1.00 bits per heavy atom. The van der Waals surface area contributed by atoms with Crippen molar-refractivity contribution in [3.8, 4) is 23.1 Å². The van der Waals surface area contributed by atoms with E-state index in [1.165, 1.54) is 4.57 Å². The first-order valence-electron chi connectivity index (χ1n) is 12.0. The summed E-state index contributed by atoms with van der Waals surface area (Å²) >= 11 is 7.36. The summed E-state index contributed by atoms with van der Waals surface area (Å²) in [5.41, 5.74) is 3.39. The standard InChI is InChI=1S/C31H22ClN3O3S/c1-19-12-13-21(16-20(19)2)34-29(36)25(18-33)31-35(22-8-4-3-5-9-22)30(37)28(39-31)17-23-14-15-27(38-23)24-10-6-7-11-26(24)32/h3-17H,1-2H3,(H,34,36)/b28-17+,31-25-. The molecule has 0 spiro atoms. The average Bonchev–Trinajstić information content (AvgIpc) is 3.52. The number of aromatic nitrogens is 1. The molecule has 1 N–H and O–H groups in total. The third-order valence-corrected chi connectivity index (χ3v) is 7.62. The Kier molecular flexibility index (Phi) is 7.33. The number of nitriles is 1. The van der Waals surface area contributed by atoms with E-state index in [1.54, 1.807) is 54.6 Å². The van der Waals surface area contributed by atoms with Crippen molar-refractivity contribution >= 4 is 46.2 Å². The number of benzene rings is 3. The van der Waals surface area contributed by atoms with Gasteiger partial charge in [-0.15, -0.1) is 11.3 Å². The number of aryl methyl sites for hydroxylation is 2. The number of thiazole rings is 1. The Morgan fingerprint density at radius 3 is 2.46 bits per heavy atom. The number of carbonyl (C=O) groups excluding carboxylic acids is 1. The number of hydrogen-bond donors (Lipinski definition) is 1. The Hall–Kier alpha value is -4.64. The molecule has 5 aromatic rings. The highest BCUT2D eigenvalue weighted by atomic mass is 35.5. The quantitative estimate of drug-likeness (QED) is 0.309. The highest BCUT2D eigenvalue weighted by molar-refractivity contribution is 7.07. The number of rotatable bonds is 5. The fraction of sp³-hybridized carbons (Fsp3) is 0.0645. The van der Waals surface area contributed by atoms with E-state index in [9.17, 15) is 14.9 Å².